The zero-order valence-electron chi connectivity index (χ0n) is 14.6. The first kappa shape index (κ1) is 16.4. The second kappa shape index (κ2) is 6.34. The highest BCUT2D eigenvalue weighted by atomic mass is 19.1. The number of rotatable bonds is 4. The molecule has 0 spiro atoms. The van der Waals surface area contributed by atoms with Crippen molar-refractivity contribution in [3.8, 4) is 11.1 Å². The SMILES string of the molecule is CCN(C)Cc1nc2c(N)nc3cc(-c4cccnc4F)ccc3c2[nH]1. The zero-order valence-corrected chi connectivity index (χ0v) is 14.6. The van der Waals surface area contributed by atoms with E-state index in [1.165, 1.54) is 6.20 Å². The molecular formula is C19H19FN6. The number of nitrogens with two attached hydrogens (primary N) is 1. The fraction of sp³-hybridized carbons (Fsp3) is 0.211. The summed E-state index contributed by atoms with van der Waals surface area (Å²) in [6.07, 6.45) is 1.43. The normalized spacial score (nSPS) is 11.7. The summed E-state index contributed by atoms with van der Waals surface area (Å²) < 4.78 is 14.0. The van der Waals surface area contributed by atoms with Crippen molar-refractivity contribution >= 4 is 27.8 Å². The Morgan fingerprint density at radius 1 is 1.23 bits per heavy atom. The Kier molecular flexibility index (Phi) is 4.00. The minimum Gasteiger partial charge on any atom is -0.382 e. The smallest absolute Gasteiger partial charge is 0.220 e. The average Bonchev–Trinajstić information content (AvgIpc) is 3.06. The van der Waals surface area contributed by atoms with E-state index in [9.17, 15) is 4.39 Å². The minimum absolute atomic E-state index is 0.359. The van der Waals surface area contributed by atoms with Gasteiger partial charge in [0.25, 0.3) is 0 Å². The average molecular weight is 350 g/mol. The Morgan fingerprint density at radius 2 is 2.08 bits per heavy atom. The number of anilines is 1. The lowest BCUT2D eigenvalue weighted by molar-refractivity contribution is 0.338. The summed E-state index contributed by atoms with van der Waals surface area (Å²) in [4.78, 5) is 18.3. The van der Waals surface area contributed by atoms with Crippen LogP contribution in [0, 0.1) is 5.95 Å². The van der Waals surface area contributed by atoms with Gasteiger partial charge >= 0.3 is 0 Å². The van der Waals surface area contributed by atoms with Crippen LogP contribution in [-0.4, -0.2) is 38.4 Å². The number of imidazole rings is 1. The van der Waals surface area contributed by atoms with Crippen molar-refractivity contribution in [2.24, 2.45) is 0 Å². The molecule has 7 heteroatoms. The summed E-state index contributed by atoms with van der Waals surface area (Å²) >= 11 is 0. The zero-order chi connectivity index (χ0) is 18.3. The van der Waals surface area contributed by atoms with Crippen LogP contribution in [0.25, 0.3) is 33.1 Å². The topological polar surface area (TPSA) is 83.7 Å². The van der Waals surface area contributed by atoms with E-state index in [0.29, 0.717) is 34.5 Å². The molecule has 0 aliphatic rings. The van der Waals surface area contributed by atoms with E-state index in [4.69, 9.17) is 5.73 Å². The summed E-state index contributed by atoms with van der Waals surface area (Å²) in [5.41, 5.74) is 9.47. The molecule has 0 saturated carbocycles. The number of fused-ring (bicyclic) bond motifs is 3. The van der Waals surface area contributed by atoms with Crippen molar-refractivity contribution in [2.45, 2.75) is 13.5 Å². The van der Waals surface area contributed by atoms with E-state index in [1.54, 1.807) is 12.1 Å². The molecule has 0 fully saturated rings. The van der Waals surface area contributed by atoms with Crippen molar-refractivity contribution in [1.82, 2.24) is 24.8 Å². The van der Waals surface area contributed by atoms with Crippen LogP contribution in [0.1, 0.15) is 12.7 Å². The number of nitrogen functional groups attached to an aromatic ring is 1. The van der Waals surface area contributed by atoms with Gasteiger partial charge in [-0.1, -0.05) is 19.1 Å². The van der Waals surface area contributed by atoms with E-state index in [0.717, 1.165) is 23.3 Å². The number of halogens is 1. The van der Waals surface area contributed by atoms with Gasteiger partial charge in [0, 0.05) is 17.1 Å². The van der Waals surface area contributed by atoms with Gasteiger partial charge in [-0.15, -0.1) is 0 Å². The maximum Gasteiger partial charge on any atom is 0.220 e. The predicted molar refractivity (Wildman–Crippen MR) is 101 cm³/mol. The van der Waals surface area contributed by atoms with E-state index < -0.39 is 5.95 Å². The number of nitrogens with one attached hydrogen (secondary N) is 1. The molecule has 0 amide bonds. The molecule has 132 valence electrons. The van der Waals surface area contributed by atoms with Crippen LogP contribution in [0.4, 0.5) is 10.2 Å². The van der Waals surface area contributed by atoms with Crippen molar-refractivity contribution in [2.75, 3.05) is 19.3 Å². The molecule has 0 aliphatic carbocycles. The van der Waals surface area contributed by atoms with Crippen LogP contribution in [0.5, 0.6) is 0 Å². The number of nitrogens with zero attached hydrogens (tertiary/aromatic N) is 4. The largest absolute Gasteiger partial charge is 0.382 e. The molecule has 6 nitrogen and oxygen atoms in total. The Labute approximate surface area is 149 Å². The number of benzene rings is 1. The molecule has 0 radical (unpaired) electrons. The third-order valence-corrected chi connectivity index (χ3v) is 4.53. The molecule has 0 atom stereocenters. The first-order valence-corrected chi connectivity index (χ1v) is 8.44. The molecule has 0 bridgehead atoms. The monoisotopic (exact) mass is 350 g/mol. The molecule has 3 heterocycles. The Bertz CT molecular complexity index is 1100. The lowest BCUT2D eigenvalue weighted by Gasteiger charge is -2.10. The third kappa shape index (κ3) is 2.76. The summed E-state index contributed by atoms with van der Waals surface area (Å²) in [6, 6.07) is 9.00. The molecule has 0 saturated heterocycles. The predicted octanol–water partition coefficient (Wildman–Crippen LogP) is 3.35. The third-order valence-electron chi connectivity index (χ3n) is 4.53. The van der Waals surface area contributed by atoms with Crippen molar-refractivity contribution in [3.05, 3.63) is 48.3 Å². The highest BCUT2D eigenvalue weighted by molar-refractivity contribution is 6.07. The van der Waals surface area contributed by atoms with Crippen LogP contribution < -0.4 is 5.73 Å². The Hall–Kier alpha value is -3.06. The maximum atomic E-state index is 14.0. The van der Waals surface area contributed by atoms with Gasteiger partial charge in [-0.3, -0.25) is 4.90 Å². The summed E-state index contributed by atoms with van der Waals surface area (Å²) in [7, 11) is 2.03. The van der Waals surface area contributed by atoms with Gasteiger partial charge in [-0.2, -0.15) is 4.39 Å². The van der Waals surface area contributed by atoms with Crippen LogP contribution >= 0.6 is 0 Å². The number of hydrogen-bond donors (Lipinski definition) is 2. The first-order valence-electron chi connectivity index (χ1n) is 8.44. The fourth-order valence-electron chi connectivity index (χ4n) is 3.03. The van der Waals surface area contributed by atoms with Crippen LogP contribution in [0.15, 0.2) is 36.5 Å². The van der Waals surface area contributed by atoms with Gasteiger partial charge in [0.15, 0.2) is 5.82 Å². The molecule has 1 aromatic carbocycles. The number of hydrogen-bond acceptors (Lipinski definition) is 5. The molecule has 4 rings (SSSR count). The van der Waals surface area contributed by atoms with Crippen molar-refractivity contribution in [3.63, 3.8) is 0 Å². The van der Waals surface area contributed by atoms with Crippen LogP contribution in [-0.2, 0) is 6.54 Å². The van der Waals surface area contributed by atoms with E-state index >= 15 is 0 Å². The summed E-state index contributed by atoms with van der Waals surface area (Å²) in [5, 5.41) is 0.903. The summed E-state index contributed by atoms with van der Waals surface area (Å²) in [6.45, 7) is 3.71. The first-order chi connectivity index (χ1) is 12.6. The Balaban J connectivity index is 1.87. The van der Waals surface area contributed by atoms with Crippen molar-refractivity contribution < 1.29 is 4.39 Å². The van der Waals surface area contributed by atoms with Gasteiger partial charge in [-0.05, 0) is 37.4 Å². The van der Waals surface area contributed by atoms with E-state index in [-0.39, 0.29) is 0 Å². The molecular weight excluding hydrogens is 331 g/mol. The maximum absolute atomic E-state index is 14.0. The molecule has 0 unspecified atom stereocenters. The van der Waals surface area contributed by atoms with E-state index in [1.807, 2.05) is 25.2 Å². The number of aromatic amines is 1. The van der Waals surface area contributed by atoms with Crippen LogP contribution in [0.2, 0.25) is 0 Å². The lowest BCUT2D eigenvalue weighted by atomic mass is 10.0. The van der Waals surface area contributed by atoms with Crippen LogP contribution in [0.3, 0.4) is 0 Å². The summed E-state index contributed by atoms with van der Waals surface area (Å²) in [5.74, 6) is 0.693. The highest BCUT2D eigenvalue weighted by Crippen LogP contribution is 2.30. The quantitative estimate of drug-likeness (QED) is 0.552. The second-order valence-electron chi connectivity index (χ2n) is 6.31. The highest BCUT2D eigenvalue weighted by Gasteiger charge is 2.14. The van der Waals surface area contributed by atoms with E-state index in [2.05, 4.69) is 31.8 Å². The fourth-order valence-corrected chi connectivity index (χ4v) is 3.03. The van der Waals surface area contributed by atoms with Gasteiger partial charge in [0.2, 0.25) is 5.95 Å². The standard InChI is InChI=1S/C19H19FN6/c1-3-26(2)10-15-24-16-13-7-6-11(12-5-4-8-22-18(12)20)9-14(13)23-19(21)17(16)25-15/h4-9H,3,10H2,1-2H3,(H2,21,23)(H,24,25). The molecule has 3 aromatic heterocycles. The van der Waals surface area contributed by atoms with Crippen molar-refractivity contribution in [1.29, 1.82) is 0 Å². The molecule has 4 aromatic rings. The van der Waals surface area contributed by atoms with Gasteiger partial charge in [0.05, 0.1) is 17.6 Å². The molecule has 3 N–H and O–H groups in total. The number of pyridine rings is 2. The minimum atomic E-state index is -0.507. The van der Waals surface area contributed by atoms with Gasteiger partial charge in [-0.25, -0.2) is 15.0 Å². The van der Waals surface area contributed by atoms with Gasteiger partial charge < -0.3 is 10.7 Å². The van der Waals surface area contributed by atoms with Gasteiger partial charge in [0.1, 0.15) is 11.3 Å². The molecule has 0 aliphatic heterocycles. The number of H-pyrrole nitrogens is 1. The lowest BCUT2D eigenvalue weighted by Crippen LogP contribution is -2.17. The Morgan fingerprint density at radius 3 is 2.85 bits per heavy atom. The second-order valence-corrected chi connectivity index (χ2v) is 6.31. The molecule has 26 heavy (non-hydrogen) atoms. The number of aromatic nitrogens is 4.